The number of hydrogen-bond acceptors (Lipinski definition) is 7. The van der Waals surface area contributed by atoms with E-state index in [1.54, 1.807) is 68.5 Å². The molecule has 0 fully saturated rings. The molecule has 0 aliphatic heterocycles. The minimum atomic E-state index is -0.188. The largest absolute Gasteiger partial charge is 0.497 e. The highest BCUT2D eigenvalue weighted by molar-refractivity contribution is 5.90. The van der Waals surface area contributed by atoms with Crippen LogP contribution < -0.4 is 19.5 Å². The van der Waals surface area contributed by atoms with E-state index in [9.17, 15) is 4.79 Å². The first kappa shape index (κ1) is 21.0. The quantitative estimate of drug-likeness (QED) is 0.449. The number of benzene rings is 2. The molecule has 0 unspecified atom stereocenters. The first-order chi connectivity index (χ1) is 15.6. The zero-order valence-electron chi connectivity index (χ0n) is 17.9. The number of rotatable bonds is 8. The fourth-order valence-corrected chi connectivity index (χ4v) is 3.20. The third-order valence-electron chi connectivity index (χ3n) is 4.80. The van der Waals surface area contributed by atoms with Crippen LogP contribution in [0.15, 0.2) is 65.3 Å². The number of nitrogens with one attached hydrogen (secondary N) is 1. The number of carbonyl (C=O) groups is 1. The molecule has 1 N–H and O–H groups in total. The molecule has 32 heavy (non-hydrogen) atoms. The molecule has 2 aromatic carbocycles. The van der Waals surface area contributed by atoms with E-state index < -0.39 is 0 Å². The Bertz CT molecular complexity index is 1210. The van der Waals surface area contributed by atoms with Crippen molar-refractivity contribution in [1.29, 1.82) is 0 Å². The van der Waals surface area contributed by atoms with E-state index in [2.05, 4.69) is 15.5 Å². The molecule has 0 aliphatic carbocycles. The molecule has 0 saturated heterocycles. The van der Waals surface area contributed by atoms with Gasteiger partial charge < -0.3 is 28.6 Å². The first-order valence-corrected chi connectivity index (χ1v) is 9.77. The monoisotopic (exact) mass is 434 g/mol. The third-order valence-corrected chi connectivity index (χ3v) is 4.80. The second kappa shape index (κ2) is 9.25. The van der Waals surface area contributed by atoms with Crippen LogP contribution in [-0.4, -0.2) is 41.9 Å². The second-order valence-corrected chi connectivity index (χ2v) is 6.79. The highest BCUT2D eigenvalue weighted by Gasteiger charge is 2.17. The maximum atomic E-state index is 12.5. The van der Waals surface area contributed by atoms with E-state index in [1.807, 2.05) is 18.2 Å². The molecule has 2 aromatic heterocycles. The number of nitrogens with zero attached hydrogens (tertiary/aromatic N) is 3. The van der Waals surface area contributed by atoms with Crippen molar-refractivity contribution in [2.75, 3.05) is 26.6 Å². The van der Waals surface area contributed by atoms with Crippen LogP contribution in [0, 0.1) is 0 Å². The van der Waals surface area contributed by atoms with Crippen LogP contribution in [0.2, 0.25) is 0 Å². The fourth-order valence-electron chi connectivity index (χ4n) is 3.20. The maximum Gasteiger partial charge on any atom is 0.274 e. The smallest absolute Gasteiger partial charge is 0.274 e. The van der Waals surface area contributed by atoms with Gasteiger partial charge in [0.15, 0.2) is 11.5 Å². The van der Waals surface area contributed by atoms with Gasteiger partial charge in [0.2, 0.25) is 11.7 Å². The van der Waals surface area contributed by atoms with E-state index in [-0.39, 0.29) is 12.5 Å². The molecule has 0 aliphatic rings. The molecule has 0 bridgehead atoms. The molecule has 0 radical (unpaired) electrons. The van der Waals surface area contributed by atoms with Crippen LogP contribution in [0.5, 0.6) is 17.2 Å². The van der Waals surface area contributed by atoms with Crippen LogP contribution in [0.3, 0.4) is 0 Å². The number of aromatic nitrogens is 3. The fraction of sp³-hybridized carbons (Fsp3) is 0.174. The molecule has 164 valence electrons. The van der Waals surface area contributed by atoms with Crippen molar-refractivity contribution in [3.63, 3.8) is 0 Å². The molecule has 0 atom stereocenters. The third kappa shape index (κ3) is 4.41. The predicted octanol–water partition coefficient (Wildman–Crippen LogP) is 3.87. The van der Waals surface area contributed by atoms with E-state index in [0.717, 1.165) is 5.75 Å². The Balaban J connectivity index is 1.50. The van der Waals surface area contributed by atoms with Crippen LogP contribution >= 0.6 is 0 Å². The Morgan fingerprint density at radius 1 is 1.00 bits per heavy atom. The Morgan fingerprint density at radius 3 is 2.50 bits per heavy atom. The zero-order valence-corrected chi connectivity index (χ0v) is 17.9. The summed E-state index contributed by atoms with van der Waals surface area (Å²) in [7, 11) is 4.73. The Kier molecular flexibility index (Phi) is 6.07. The van der Waals surface area contributed by atoms with Gasteiger partial charge in [-0.15, -0.1) is 0 Å². The van der Waals surface area contributed by atoms with Crippen molar-refractivity contribution in [3.05, 3.63) is 60.8 Å². The molecule has 0 saturated carbocycles. The topological polar surface area (TPSA) is 101 Å². The van der Waals surface area contributed by atoms with Gasteiger partial charge in [-0.25, -0.2) is 0 Å². The van der Waals surface area contributed by atoms with Crippen molar-refractivity contribution >= 4 is 11.6 Å². The van der Waals surface area contributed by atoms with Gasteiger partial charge in [0, 0.05) is 17.4 Å². The lowest BCUT2D eigenvalue weighted by Gasteiger charge is -2.09. The van der Waals surface area contributed by atoms with E-state index >= 15 is 0 Å². The number of amides is 1. The predicted molar refractivity (Wildman–Crippen MR) is 118 cm³/mol. The molecule has 4 rings (SSSR count). The molecule has 4 aromatic rings. The van der Waals surface area contributed by atoms with Crippen molar-refractivity contribution in [2.45, 2.75) is 6.54 Å². The summed E-state index contributed by atoms with van der Waals surface area (Å²) in [5, 5.41) is 6.93. The van der Waals surface area contributed by atoms with Crippen molar-refractivity contribution < 1.29 is 23.5 Å². The minimum Gasteiger partial charge on any atom is -0.497 e. The van der Waals surface area contributed by atoms with Crippen LogP contribution in [0.4, 0.5) is 5.69 Å². The molecule has 1 amide bonds. The highest BCUT2D eigenvalue weighted by atomic mass is 16.5. The first-order valence-electron chi connectivity index (χ1n) is 9.77. The average Bonchev–Trinajstić information content (AvgIpc) is 3.48. The van der Waals surface area contributed by atoms with Gasteiger partial charge >= 0.3 is 0 Å². The summed E-state index contributed by atoms with van der Waals surface area (Å²) in [5.74, 6) is 2.41. The van der Waals surface area contributed by atoms with Crippen molar-refractivity contribution in [3.8, 4) is 40.2 Å². The van der Waals surface area contributed by atoms with Gasteiger partial charge in [-0.2, -0.15) is 4.98 Å². The minimum absolute atomic E-state index is 0.0857. The molecular weight excluding hydrogens is 412 g/mol. The number of ether oxygens (including phenoxy) is 3. The SMILES string of the molecule is COc1ccc(NC(=O)Cn2cccc2-c2nc(-c3ccc(OC)c(OC)c3)no2)cc1. The average molecular weight is 434 g/mol. The Hall–Kier alpha value is -4.27. The summed E-state index contributed by atoms with van der Waals surface area (Å²) in [6.45, 7) is 0.0857. The highest BCUT2D eigenvalue weighted by Crippen LogP contribution is 2.32. The van der Waals surface area contributed by atoms with E-state index in [4.69, 9.17) is 18.7 Å². The van der Waals surface area contributed by atoms with Crippen LogP contribution in [0.1, 0.15) is 0 Å². The van der Waals surface area contributed by atoms with E-state index in [1.165, 1.54) is 0 Å². The molecule has 0 spiro atoms. The molecule has 9 heteroatoms. The van der Waals surface area contributed by atoms with Gasteiger partial charge in [-0.05, 0) is 54.6 Å². The zero-order chi connectivity index (χ0) is 22.5. The van der Waals surface area contributed by atoms with Crippen molar-refractivity contribution in [2.24, 2.45) is 0 Å². The van der Waals surface area contributed by atoms with Crippen LogP contribution in [0.25, 0.3) is 23.0 Å². The normalized spacial score (nSPS) is 10.6. The lowest BCUT2D eigenvalue weighted by molar-refractivity contribution is -0.116. The summed E-state index contributed by atoms with van der Waals surface area (Å²) in [4.78, 5) is 17.0. The maximum absolute atomic E-state index is 12.5. The second-order valence-electron chi connectivity index (χ2n) is 6.79. The molecular formula is C23H22N4O5. The standard InChI is InChI=1S/C23H22N4O5/c1-29-17-9-7-16(8-10-17)24-21(28)14-27-12-4-5-18(27)23-25-22(26-32-23)15-6-11-19(30-2)20(13-15)31-3/h4-13H,14H2,1-3H3,(H,24,28). The van der Waals surface area contributed by atoms with Gasteiger partial charge in [0.1, 0.15) is 18.0 Å². The molecule has 2 heterocycles. The summed E-state index contributed by atoms with van der Waals surface area (Å²) >= 11 is 0. The Labute approximate surface area is 184 Å². The van der Waals surface area contributed by atoms with Crippen molar-refractivity contribution in [1.82, 2.24) is 14.7 Å². The van der Waals surface area contributed by atoms with E-state index in [0.29, 0.717) is 40.2 Å². The number of methoxy groups -OCH3 is 3. The number of anilines is 1. The molecule has 9 nitrogen and oxygen atoms in total. The summed E-state index contributed by atoms with van der Waals surface area (Å²) in [6.07, 6.45) is 1.78. The van der Waals surface area contributed by atoms with Gasteiger partial charge in [0.05, 0.1) is 21.3 Å². The summed E-state index contributed by atoms with van der Waals surface area (Å²) < 4.78 is 22.9. The lowest BCUT2D eigenvalue weighted by atomic mass is 10.2. The number of hydrogen-bond donors (Lipinski definition) is 1. The summed E-state index contributed by atoms with van der Waals surface area (Å²) in [6, 6.07) is 16.1. The Morgan fingerprint density at radius 2 is 1.78 bits per heavy atom. The van der Waals surface area contributed by atoms with Gasteiger partial charge in [-0.3, -0.25) is 4.79 Å². The van der Waals surface area contributed by atoms with Crippen LogP contribution in [-0.2, 0) is 11.3 Å². The van der Waals surface area contributed by atoms with Gasteiger partial charge in [-0.1, -0.05) is 5.16 Å². The summed E-state index contributed by atoms with van der Waals surface area (Å²) in [5.41, 5.74) is 2.03. The number of carbonyl (C=O) groups excluding carboxylic acids is 1. The lowest BCUT2D eigenvalue weighted by Crippen LogP contribution is -2.18. The van der Waals surface area contributed by atoms with Gasteiger partial charge in [0.25, 0.3) is 5.89 Å².